The molecule has 2 aromatic carbocycles. The van der Waals surface area contributed by atoms with Crippen LogP contribution in [0.4, 0.5) is 0 Å². The number of nitrogens with zero attached hydrogens (tertiary/aromatic N) is 1. The van der Waals surface area contributed by atoms with E-state index in [1.54, 1.807) is 7.11 Å². The van der Waals surface area contributed by atoms with E-state index in [1.165, 1.54) is 5.56 Å². The van der Waals surface area contributed by atoms with Crippen molar-refractivity contribution in [1.29, 1.82) is 0 Å². The first-order chi connectivity index (χ1) is 13.2. The van der Waals surface area contributed by atoms with E-state index in [9.17, 15) is 9.90 Å². The minimum absolute atomic E-state index is 0.0201. The molecule has 1 saturated heterocycles. The number of piperidine rings is 1. The zero-order valence-corrected chi connectivity index (χ0v) is 15.8. The molecule has 1 aliphatic heterocycles. The van der Waals surface area contributed by atoms with Gasteiger partial charge in [0.15, 0.2) is 0 Å². The number of amides is 1. The molecular formula is C22H28N2O3. The van der Waals surface area contributed by atoms with E-state index in [1.807, 2.05) is 42.5 Å². The summed E-state index contributed by atoms with van der Waals surface area (Å²) >= 11 is 0. The molecule has 0 aliphatic carbocycles. The summed E-state index contributed by atoms with van der Waals surface area (Å²) in [5, 5.41) is 12.9. The van der Waals surface area contributed by atoms with Crippen LogP contribution in [0.25, 0.3) is 0 Å². The predicted molar refractivity (Wildman–Crippen MR) is 106 cm³/mol. The van der Waals surface area contributed by atoms with Crippen LogP contribution in [0.15, 0.2) is 54.6 Å². The fourth-order valence-electron chi connectivity index (χ4n) is 3.66. The number of ether oxygens (including phenoxy) is 1. The van der Waals surface area contributed by atoms with Gasteiger partial charge in [-0.05, 0) is 36.2 Å². The molecule has 3 rings (SSSR count). The topological polar surface area (TPSA) is 61.8 Å². The third-order valence-corrected chi connectivity index (χ3v) is 5.17. The van der Waals surface area contributed by atoms with Crippen molar-refractivity contribution in [3.8, 4) is 5.75 Å². The van der Waals surface area contributed by atoms with Crippen molar-refractivity contribution in [3.05, 3.63) is 65.7 Å². The van der Waals surface area contributed by atoms with Gasteiger partial charge in [0.1, 0.15) is 5.75 Å². The molecule has 0 aromatic heterocycles. The van der Waals surface area contributed by atoms with Crippen molar-refractivity contribution in [3.63, 3.8) is 0 Å². The molecule has 2 aromatic rings. The fraction of sp³-hybridized carbons (Fsp3) is 0.409. The Kier molecular flexibility index (Phi) is 6.85. The number of carbonyl (C=O) groups excluding carboxylic acids is 1. The monoisotopic (exact) mass is 368 g/mol. The number of hydrogen-bond acceptors (Lipinski definition) is 4. The molecule has 1 amide bonds. The Morgan fingerprint density at radius 3 is 2.70 bits per heavy atom. The van der Waals surface area contributed by atoms with Crippen LogP contribution in [0.2, 0.25) is 0 Å². The number of nitrogens with one attached hydrogen (secondary N) is 1. The second kappa shape index (κ2) is 9.53. The van der Waals surface area contributed by atoms with Crippen LogP contribution in [-0.2, 0) is 17.8 Å². The molecule has 144 valence electrons. The van der Waals surface area contributed by atoms with Crippen LogP contribution in [0.1, 0.15) is 17.5 Å². The summed E-state index contributed by atoms with van der Waals surface area (Å²) < 4.78 is 5.22. The van der Waals surface area contributed by atoms with Gasteiger partial charge in [-0.25, -0.2) is 0 Å². The smallest absolute Gasteiger partial charge is 0.224 e. The molecule has 27 heavy (non-hydrogen) atoms. The second-order valence-corrected chi connectivity index (χ2v) is 7.15. The van der Waals surface area contributed by atoms with E-state index in [2.05, 4.69) is 22.3 Å². The Balaban J connectivity index is 1.59. The number of benzene rings is 2. The third kappa shape index (κ3) is 5.55. The maximum Gasteiger partial charge on any atom is 0.224 e. The first-order valence-corrected chi connectivity index (χ1v) is 9.47. The first-order valence-electron chi connectivity index (χ1n) is 9.47. The van der Waals surface area contributed by atoms with Gasteiger partial charge in [-0.1, -0.05) is 42.5 Å². The second-order valence-electron chi connectivity index (χ2n) is 7.15. The number of aliphatic hydroxyl groups is 1. The third-order valence-electron chi connectivity index (χ3n) is 5.17. The molecule has 1 heterocycles. The summed E-state index contributed by atoms with van der Waals surface area (Å²) in [5.74, 6) is 0.833. The molecule has 1 aliphatic rings. The molecule has 5 heteroatoms. The highest BCUT2D eigenvalue weighted by Gasteiger charge is 2.29. The fourth-order valence-corrected chi connectivity index (χ4v) is 3.66. The normalized spacial score (nSPS) is 20.2. The largest absolute Gasteiger partial charge is 0.497 e. The molecule has 2 unspecified atom stereocenters. The van der Waals surface area contributed by atoms with E-state index in [-0.39, 0.29) is 24.5 Å². The van der Waals surface area contributed by atoms with Crippen LogP contribution in [0.3, 0.4) is 0 Å². The average Bonchev–Trinajstić information content (AvgIpc) is 2.69. The number of aliphatic hydroxyl groups excluding tert-OH is 1. The lowest BCUT2D eigenvalue weighted by molar-refractivity contribution is -0.122. The zero-order valence-electron chi connectivity index (χ0n) is 15.8. The van der Waals surface area contributed by atoms with Crippen molar-refractivity contribution < 1.29 is 14.6 Å². The zero-order chi connectivity index (χ0) is 19.1. The first kappa shape index (κ1) is 19.4. The Hall–Kier alpha value is -2.37. The Bertz CT molecular complexity index is 735. The molecule has 5 nitrogen and oxygen atoms in total. The van der Waals surface area contributed by atoms with Crippen molar-refractivity contribution in [1.82, 2.24) is 10.2 Å². The van der Waals surface area contributed by atoms with Crippen molar-refractivity contribution in [2.75, 3.05) is 26.8 Å². The van der Waals surface area contributed by atoms with Crippen molar-refractivity contribution in [2.24, 2.45) is 5.92 Å². The van der Waals surface area contributed by atoms with Crippen molar-refractivity contribution >= 4 is 5.91 Å². The minimum atomic E-state index is -0.0365. The van der Waals surface area contributed by atoms with Gasteiger partial charge in [-0.15, -0.1) is 0 Å². The summed E-state index contributed by atoms with van der Waals surface area (Å²) in [5.41, 5.74) is 2.19. The number of rotatable bonds is 7. The van der Waals surface area contributed by atoms with Gasteiger partial charge < -0.3 is 15.2 Å². The summed E-state index contributed by atoms with van der Waals surface area (Å²) in [6.07, 6.45) is 1.19. The van der Waals surface area contributed by atoms with Gasteiger partial charge >= 0.3 is 0 Å². The highest BCUT2D eigenvalue weighted by Crippen LogP contribution is 2.20. The van der Waals surface area contributed by atoms with Gasteiger partial charge in [-0.2, -0.15) is 0 Å². The number of likely N-dealkylation sites (tertiary alicyclic amines) is 1. The Labute approximate surface area is 161 Å². The lowest BCUT2D eigenvalue weighted by atomic mass is 9.91. The van der Waals surface area contributed by atoms with Crippen LogP contribution in [-0.4, -0.2) is 48.8 Å². The Morgan fingerprint density at radius 2 is 1.96 bits per heavy atom. The molecule has 0 bridgehead atoms. The van der Waals surface area contributed by atoms with Crippen molar-refractivity contribution in [2.45, 2.75) is 25.4 Å². The maximum atomic E-state index is 12.6. The van der Waals surface area contributed by atoms with E-state index in [0.29, 0.717) is 6.42 Å². The average molecular weight is 368 g/mol. The molecule has 2 N–H and O–H groups in total. The number of hydrogen-bond donors (Lipinski definition) is 2. The van der Waals surface area contributed by atoms with Gasteiger partial charge in [0.25, 0.3) is 0 Å². The Morgan fingerprint density at radius 1 is 1.19 bits per heavy atom. The molecular weight excluding hydrogens is 340 g/mol. The summed E-state index contributed by atoms with van der Waals surface area (Å²) in [7, 11) is 1.62. The van der Waals surface area contributed by atoms with Gasteiger partial charge in [0.2, 0.25) is 5.91 Å². The highest BCUT2D eigenvalue weighted by atomic mass is 16.5. The van der Waals surface area contributed by atoms with E-state index in [0.717, 1.165) is 37.4 Å². The van der Waals surface area contributed by atoms with Gasteiger partial charge in [0, 0.05) is 31.7 Å². The van der Waals surface area contributed by atoms with Gasteiger partial charge in [-0.3, -0.25) is 9.69 Å². The molecule has 0 saturated carbocycles. The summed E-state index contributed by atoms with van der Waals surface area (Å²) in [6, 6.07) is 17.9. The summed E-state index contributed by atoms with van der Waals surface area (Å²) in [6.45, 7) is 2.65. The van der Waals surface area contributed by atoms with Crippen LogP contribution in [0, 0.1) is 5.92 Å². The lowest BCUT2D eigenvalue weighted by Gasteiger charge is -2.38. The van der Waals surface area contributed by atoms with E-state index in [4.69, 9.17) is 4.74 Å². The maximum absolute atomic E-state index is 12.6. The predicted octanol–water partition coefficient (Wildman–Crippen LogP) is 2.24. The highest BCUT2D eigenvalue weighted by molar-refractivity contribution is 5.79. The van der Waals surface area contributed by atoms with Crippen LogP contribution >= 0.6 is 0 Å². The molecule has 0 radical (unpaired) electrons. The number of carbonyl (C=O) groups is 1. The van der Waals surface area contributed by atoms with Crippen LogP contribution < -0.4 is 10.1 Å². The van der Waals surface area contributed by atoms with Gasteiger partial charge in [0.05, 0.1) is 13.5 Å². The molecule has 1 fully saturated rings. The summed E-state index contributed by atoms with van der Waals surface area (Å²) in [4.78, 5) is 14.9. The lowest BCUT2D eigenvalue weighted by Crippen LogP contribution is -2.53. The minimum Gasteiger partial charge on any atom is -0.497 e. The quantitative estimate of drug-likeness (QED) is 0.787. The van der Waals surface area contributed by atoms with Crippen LogP contribution in [0.5, 0.6) is 5.75 Å². The van der Waals surface area contributed by atoms with E-state index < -0.39 is 0 Å². The molecule has 2 atom stereocenters. The number of methoxy groups -OCH3 is 1. The van der Waals surface area contributed by atoms with E-state index >= 15 is 0 Å². The molecule has 0 spiro atoms. The standard InChI is InChI=1S/C22H28N2O3/c1-27-20-9-5-8-18(12-20)13-22(26)23-21-15-24(11-10-19(21)16-25)14-17-6-3-2-4-7-17/h2-9,12,19,21,25H,10-11,13-16H2,1H3,(H,23,26). The SMILES string of the molecule is COc1cccc(CC(=O)NC2CN(Cc3ccccc3)CCC2CO)c1.